The third kappa shape index (κ3) is 4.74. The molecule has 2 amide bonds. The lowest BCUT2D eigenvalue weighted by Gasteiger charge is -2.34. The lowest BCUT2D eigenvalue weighted by molar-refractivity contribution is -0.143. The van der Waals surface area contributed by atoms with Gasteiger partial charge in [0, 0.05) is 25.2 Å². The fourth-order valence-corrected chi connectivity index (χ4v) is 3.96. The van der Waals surface area contributed by atoms with Crippen LogP contribution in [0.25, 0.3) is 0 Å². The molecule has 1 aliphatic heterocycles. The number of carboxylic acids is 1. The van der Waals surface area contributed by atoms with Crippen LogP contribution in [-0.4, -0.2) is 40.9 Å². The molecule has 1 fully saturated rings. The van der Waals surface area contributed by atoms with Crippen molar-refractivity contribution >= 4 is 29.1 Å². The third-order valence-corrected chi connectivity index (χ3v) is 5.56. The number of carbonyl (C=O) groups is 3. The van der Waals surface area contributed by atoms with Gasteiger partial charge < -0.3 is 15.3 Å². The maximum Gasteiger partial charge on any atom is 0.308 e. The van der Waals surface area contributed by atoms with Gasteiger partial charge in [0.1, 0.15) is 0 Å². The molecule has 2 aromatic rings. The Morgan fingerprint density at radius 2 is 1.93 bits per heavy atom. The Labute approximate surface area is 161 Å². The predicted octanol–water partition coefficient (Wildman–Crippen LogP) is 2.86. The van der Waals surface area contributed by atoms with Gasteiger partial charge in [0.25, 0.3) is 11.8 Å². The number of piperidine rings is 1. The molecule has 1 saturated heterocycles. The van der Waals surface area contributed by atoms with Crippen LogP contribution >= 0.6 is 11.3 Å². The average Bonchev–Trinajstić information content (AvgIpc) is 3.20. The van der Waals surface area contributed by atoms with E-state index in [2.05, 4.69) is 5.32 Å². The van der Waals surface area contributed by atoms with E-state index in [1.807, 2.05) is 30.5 Å². The Morgan fingerprint density at radius 3 is 2.56 bits per heavy atom. The molecule has 2 N–H and O–H groups in total. The van der Waals surface area contributed by atoms with E-state index in [0.717, 1.165) is 5.56 Å². The van der Waals surface area contributed by atoms with E-state index in [4.69, 9.17) is 0 Å². The van der Waals surface area contributed by atoms with Crippen molar-refractivity contribution in [1.82, 2.24) is 10.2 Å². The van der Waals surface area contributed by atoms with Crippen molar-refractivity contribution in [2.75, 3.05) is 13.1 Å². The number of benzene rings is 1. The summed E-state index contributed by atoms with van der Waals surface area (Å²) in [6.45, 7) is 3.17. The van der Waals surface area contributed by atoms with Gasteiger partial charge in [-0.2, -0.15) is 0 Å². The number of hydrogen-bond acceptors (Lipinski definition) is 4. The average molecular weight is 386 g/mol. The van der Waals surface area contributed by atoms with E-state index < -0.39 is 11.9 Å². The molecule has 142 valence electrons. The lowest BCUT2D eigenvalue weighted by Crippen LogP contribution is -2.45. The second kappa shape index (κ2) is 8.35. The molecule has 0 bridgehead atoms. The summed E-state index contributed by atoms with van der Waals surface area (Å²) >= 11 is 1.39. The number of carboxylic acid groups (broad SMARTS) is 1. The van der Waals surface area contributed by atoms with E-state index in [9.17, 15) is 19.5 Å². The zero-order valence-corrected chi connectivity index (χ0v) is 15.9. The van der Waals surface area contributed by atoms with Crippen molar-refractivity contribution in [3.63, 3.8) is 0 Å². The van der Waals surface area contributed by atoms with Crippen LogP contribution in [0, 0.1) is 11.8 Å². The lowest BCUT2D eigenvalue weighted by atomic mass is 9.90. The maximum atomic E-state index is 12.7. The van der Waals surface area contributed by atoms with E-state index in [-0.39, 0.29) is 24.3 Å². The van der Waals surface area contributed by atoms with Crippen LogP contribution in [0.2, 0.25) is 0 Å². The van der Waals surface area contributed by atoms with E-state index in [1.165, 1.54) is 11.3 Å². The van der Waals surface area contributed by atoms with Crippen molar-refractivity contribution in [2.24, 2.45) is 11.8 Å². The molecule has 2 heterocycles. The fourth-order valence-electron chi connectivity index (χ4n) is 3.32. The minimum absolute atomic E-state index is 0.118. The van der Waals surface area contributed by atoms with Crippen LogP contribution < -0.4 is 5.32 Å². The Hall–Kier alpha value is -2.67. The van der Waals surface area contributed by atoms with Gasteiger partial charge >= 0.3 is 5.97 Å². The van der Waals surface area contributed by atoms with Crippen LogP contribution in [0.5, 0.6) is 0 Å². The summed E-state index contributed by atoms with van der Waals surface area (Å²) < 4.78 is 0. The Morgan fingerprint density at radius 1 is 1.19 bits per heavy atom. The monoisotopic (exact) mass is 386 g/mol. The molecular weight excluding hydrogens is 364 g/mol. The van der Waals surface area contributed by atoms with Crippen molar-refractivity contribution in [3.8, 4) is 0 Å². The molecular formula is C20H22N2O4S. The molecule has 0 spiro atoms. The molecule has 2 atom stereocenters. The number of nitrogens with one attached hydrogen (secondary N) is 1. The third-order valence-electron chi connectivity index (χ3n) is 4.70. The van der Waals surface area contributed by atoms with Gasteiger partial charge in [0.05, 0.1) is 10.8 Å². The SMILES string of the molecule is CC1CC(C(=O)O)CN(C(=O)c2ccc(CNC(=O)c3cccs3)cc2)C1. The summed E-state index contributed by atoms with van der Waals surface area (Å²) in [6, 6.07) is 10.7. The molecule has 1 aliphatic rings. The quantitative estimate of drug-likeness (QED) is 0.827. The Bertz CT molecular complexity index is 817. The van der Waals surface area contributed by atoms with Crippen molar-refractivity contribution < 1.29 is 19.5 Å². The normalized spacial score (nSPS) is 19.5. The summed E-state index contributed by atoms with van der Waals surface area (Å²) in [5.74, 6) is -1.47. The molecule has 3 rings (SSSR count). The van der Waals surface area contributed by atoms with E-state index in [1.54, 1.807) is 23.1 Å². The van der Waals surface area contributed by atoms with Gasteiger partial charge in [-0.15, -0.1) is 11.3 Å². The second-order valence-electron chi connectivity index (χ2n) is 6.94. The molecule has 27 heavy (non-hydrogen) atoms. The number of rotatable bonds is 5. The minimum atomic E-state index is -0.851. The maximum absolute atomic E-state index is 12.7. The summed E-state index contributed by atoms with van der Waals surface area (Å²) in [7, 11) is 0. The summed E-state index contributed by atoms with van der Waals surface area (Å²) in [5, 5.41) is 14.0. The van der Waals surface area contributed by atoms with E-state index >= 15 is 0 Å². The highest BCUT2D eigenvalue weighted by atomic mass is 32.1. The summed E-state index contributed by atoms with van der Waals surface area (Å²) in [4.78, 5) is 38.3. The van der Waals surface area contributed by atoms with Gasteiger partial charge in [-0.3, -0.25) is 14.4 Å². The molecule has 1 aromatic heterocycles. The second-order valence-corrected chi connectivity index (χ2v) is 7.89. The largest absolute Gasteiger partial charge is 0.481 e. The fraction of sp³-hybridized carbons (Fsp3) is 0.350. The molecule has 0 saturated carbocycles. The topological polar surface area (TPSA) is 86.7 Å². The van der Waals surface area contributed by atoms with Crippen LogP contribution in [0.4, 0.5) is 0 Å². The number of nitrogens with zero attached hydrogens (tertiary/aromatic N) is 1. The summed E-state index contributed by atoms with van der Waals surface area (Å²) in [5.41, 5.74) is 1.42. The zero-order chi connectivity index (χ0) is 19.4. The number of hydrogen-bond donors (Lipinski definition) is 2. The van der Waals surface area contributed by atoms with Crippen LogP contribution in [0.15, 0.2) is 41.8 Å². The number of aliphatic carboxylic acids is 1. The first-order chi connectivity index (χ1) is 12.9. The highest BCUT2D eigenvalue weighted by Crippen LogP contribution is 2.23. The van der Waals surface area contributed by atoms with Crippen LogP contribution in [0.1, 0.15) is 38.9 Å². The highest BCUT2D eigenvalue weighted by molar-refractivity contribution is 7.12. The zero-order valence-electron chi connectivity index (χ0n) is 15.1. The van der Waals surface area contributed by atoms with E-state index in [0.29, 0.717) is 30.0 Å². The Balaban J connectivity index is 1.60. The number of carbonyl (C=O) groups excluding carboxylic acids is 2. The van der Waals surface area contributed by atoms with Gasteiger partial charge in [-0.1, -0.05) is 25.1 Å². The molecule has 6 nitrogen and oxygen atoms in total. The van der Waals surface area contributed by atoms with Gasteiger partial charge in [0.2, 0.25) is 0 Å². The molecule has 0 aliphatic carbocycles. The Kier molecular flexibility index (Phi) is 5.91. The minimum Gasteiger partial charge on any atom is -0.481 e. The summed E-state index contributed by atoms with van der Waals surface area (Å²) in [6.07, 6.45) is 0.599. The van der Waals surface area contributed by atoms with Crippen LogP contribution in [-0.2, 0) is 11.3 Å². The number of thiophene rings is 1. The van der Waals surface area contributed by atoms with Gasteiger partial charge in [-0.05, 0) is 41.5 Å². The van der Waals surface area contributed by atoms with Crippen molar-refractivity contribution in [2.45, 2.75) is 19.9 Å². The molecule has 7 heteroatoms. The highest BCUT2D eigenvalue weighted by Gasteiger charge is 2.32. The smallest absolute Gasteiger partial charge is 0.308 e. The molecule has 1 aromatic carbocycles. The number of likely N-dealkylation sites (tertiary alicyclic amines) is 1. The van der Waals surface area contributed by atoms with Crippen molar-refractivity contribution in [3.05, 3.63) is 57.8 Å². The molecule has 2 unspecified atom stereocenters. The number of amides is 2. The predicted molar refractivity (Wildman–Crippen MR) is 103 cm³/mol. The molecule has 0 radical (unpaired) electrons. The standard InChI is InChI=1S/C20H22N2O4S/c1-13-9-16(20(25)26)12-22(11-13)19(24)15-6-4-14(5-7-15)10-21-18(23)17-3-2-8-27-17/h2-8,13,16H,9-12H2,1H3,(H,21,23)(H,25,26). The first kappa shape index (κ1) is 19.1. The first-order valence-electron chi connectivity index (χ1n) is 8.86. The van der Waals surface area contributed by atoms with Crippen molar-refractivity contribution in [1.29, 1.82) is 0 Å². The van der Waals surface area contributed by atoms with Gasteiger partial charge in [0.15, 0.2) is 0 Å². The first-order valence-corrected chi connectivity index (χ1v) is 9.74. The van der Waals surface area contributed by atoms with Gasteiger partial charge in [-0.25, -0.2) is 0 Å². The van der Waals surface area contributed by atoms with Crippen LogP contribution in [0.3, 0.4) is 0 Å².